The molecule has 3 nitrogen and oxygen atoms in total. The molecule has 2 rings (SSSR count). The third kappa shape index (κ3) is 3.46. The predicted octanol–water partition coefficient (Wildman–Crippen LogP) is 3.11. The molecule has 0 heterocycles. The summed E-state index contributed by atoms with van der Waals surface area (Å²) in [5, 5.41) is 3.02. The third-order valence-corrected chi connectivity index (χ3v) is 3.95. The maximum Gasteiger partial charge on any atom is 0.253 e. The number of amides is 1. The second kappa shape index (κ2) is 6.04. The van der Waals surface area contributed by atoms with Crippen LogP contribution in [0.1, 0.15) is 49.4 Å². The van der Waals surface area contributed by atoms with E-state index in [2.05, 4.69) is 12.2 Å². The number of carbonyl (C=O) groups excluding carboxylic acids is 1. The number of hydrogen-bond donors (Lipinski definition) is 2. The molecule has 0 saturated heterocycles. The molecule has 2 atom stereocenters. The number of hydrogen-bond acceptors (Lipinski definition) is 2. The highest BCUT2D eigenvalue weighted by Gasteiger charge is 2.23. The van der Waals surface area contributed by atoms with Crippen molar-refractivity contribution in [3.8, 4) is 0 Å². The van der Waals surface area contributed by atoms with Crippen LogP contribution in [0.25, 0.3) is 0 Å². The molecule has 0 spiro atoms. The van der Waals surface area contributed by atoms with Gasteiger partial charge in [0, 0.05) is 11.7 Å². The average Bonchev–Trinajstić information content (AvgIpc) is 2.38. The Labute approximate surface area is 113 Å². The summed E-state index contributed by atoms with van der Waals surface area (Å²) in [5.74, 6) is 0.0848. The first kappa shape index (κ1) is 13.8. The van der Waals surface area contributed by atoms with Crippen molar-refractivity contribution in [3.05, 3.63) is 29.6 Å². The average molecular weight is 264 g/mol. The Kier molecular flexibility index (Phi) is 4.40. The van der Waals surface area contributed by atoms with Gasteiger partial charge >= 0.3 is 0 Å². The second-order valence-corrected chi connectivity index (χ2v) is 5.34. The molecule has 0 aromatic heterocycles. The molecule has 1 aromatic rings. The van der Waals surface area contributed by atoms with Gasteiger partial charge in [0.25, 0.3) is 5.91 Å². The van der Waals surface area contributed by atoms with E-state index in [-0.39, 0.29) is 17.6 Å². The fraction of sp³-hybridized carbons (Fsp3) is 0.533. The van der Waals surface area contributed by atoms with Crippen molar-refractivity contribution in [1.82, 2.24) is 5.32 Å². The molecule has 0 aliphatic heterocycles. The molecule has 1 amide bonds. The van der Waals surface area contributed by atoms with Gasteiger partial charge in [0.05, 0.1) is 5.56 Å². The SMILES string of the molecule is CCC1CCCC(NC(=O)c2ccc(F)cc2N)C1. The monoisotopic (exact) mass is 264 g/mol. The molecule has 3 N–H and O–H groups in total. The van der Waals surface area contributed by atoms with Crippen molar-refractivity contribution in [3.63, 3.8) is 0 Å². The summed E-state index contributed by atoms with van der Waals surface area (Å²) in [6, 6.07) is 4.11. The van der Waals surface area contributed by atoms with Crippen molar-refractivity contribution in [2.24, 2.45) is 5.92 Å². The number of carbonyl (C=O) groups is 1. The Morgan fingerprint density at radius 2 is 2.26 bits per heavy atom. The van der Waals surface area contributed by atoms with Gasteiger partial charge in [-0.3, -0.25) is 4.79 Å². The van der Waals surface area contributed by atoms with Crippen LogP contribution in [0, 0.1) is 11.7 Å². The minimum atomic E-state index is -0.419. The summed E-state index contributed by atoms with van der Waals surface area (Å²) in [7, 11) is 0. The van der Waals surface area contributed by atoms with E-state index in [1.54, 1.807) is 0 Å². The molecule has 104 valence electrons. The largest absolute Gasteiger partial charge is 0.398 e. The lowest BCUT2D eigenvalue weighted by Crippen LogP contribution is -2.38. The highest BCUT2D eigenvalue weighted by molar-refractivity contribution is 5.99. The second-order valence-electron chi connectivity index (χ2n) is 5.34. The van der Waals surface area contributed by atoms with Gasteiger partial charge in [-0.25, -0.2) is 4.39 Å². The predicted molar refractivity (Wildman–Crippen MR) is 74.3 cm³/mol. The van der Waals surface area contributed by atoms with Gasteiger partial charge in [0.15, 0.2) is 0 Å². The minimum absolute atomic E-state index is 0.195. The molecule has 1 aliphatic carbocycles. The summed E-state index contributed by atoms with van der Waals surface area (Å²) in [5.41, 5.74) is 6.24. The number of halogens is 1. The van der Waals surface area contributed by atoms with E-state index in [0.717, 1.165) is 25.7 Å². The standard InChI is InChI=1S/C15H21FN2O/c1-2-10-4-3-5-12(8-10)18-15(19)13-7-6-11(16)9-14(13)17/h6-7,9-10,12H,2-5,8,17H2,1H3,(H,18,19). The Hall–Kier alpha value is -1.58. The van der Waals surface area contributed by atoms with Crippen molar-refractivity contribution < 1.29 is 9.18 Å². The zero-order chi connectivity index (χ0) is 13.8. The van der Waals surface area contributed by atoms with Crippen molar-refractivity contribution in [2.75, 3.05) is 5.73 Å². The molecule has 1 saturated carbocycles. The summed E-state index contributed by atoms with van der Waals surface area (Å²) in [6.45, 7) is 2.19. The van der Waals surface area contributed by atoms with Crippen LogP contribution in [0.2, 0.25) is 0 Å². The Balaban J connectivity index is 2.00. The van der Waals surface area contributed by atoms with Crippen molar-refractivity contribution in [2.45, 2.75) is 45.1 Å². The van der Waals surface area contributed by atoms with Gasteiger partial charge in [0.2, 0.25) is 0 Å². The Morgan fingerprint density at radius 3 is 2.95 bits per heavy atom. The van der Waals surface area contributed by atoms with Gasteiger partial charge in [0.1, 0.15) is 5.82 Å². The first-order valence-corrected chi connectivity index (χ1v) is 6.96. The maximum absolute atomic E-state index is 13.0. The van der Waals surface area contributed by atoms with Gasteiger partial charge in [-0.2, -0.15) is 0 Å². The highest BCUT2D eigenvalue weighted by atomic mass is 19.1. The fourth-order valence-corrected chi connectivity index (χ4v) is 2.80. The molecule has 0 bridgehead atoms. The zero-order valence-electron chi connectivity index (χ0n) is 11.3. The summed E-state index contributed by atoms with van der Waals surface area (Å²) < 4.78 is 13.0. The van der Waals surface area contributed by atoms with Crippen LogP contribution >= 0.6 is 0 Å². The number of nitrogens with one attached hydrogen (secondary N) is 1. The third-order valence-electron chi connectivity index (χ3n) is 3.95. The van der Waals surface area contributed by atoms with E-state index in [0.29, 0.717) is 11.5 Å². The normalized spacial score (nSPS) is 23.1. The van der Waals surface area contributed by atoms with Gasteiger partial charge in [-0.15, -0.1) is 0 Å². The molecule has 1 aliphatic rings. The molecule has 2 unspecified atom stereocenters. The van der Waals surface area contributed by atoms with Crippen LogP contribution in [-0.2, 0) is 0 Å². The summed E-state index contributed by atoms with van der Waals surface area (Å²) >= 11 is 0. The number of nitrogen functional groups attached to an aromatic ring is 1. The van der Waals surface area contributed by atoms with Crippen molar-refractivity contribution in [1.29, 1.82) is 0 Å². The summed E-state index contributed by atoms with van der Waals surface area (Å²) in [6.07, 6.45) is 5.61. The van der Waals surface area contributed by atoms with Crippen LogP contribution in [0.3, 0.4) is 0 Å². The lowest BCUT2D eigenvalue weighted by atomic mass is 9.84. The van der Waals surface area contributed by atoms with Crippen LogP contribution in [0.5, 0.6) is 0 Å². The molecule has 1 aromatic carbocycles. The van der Waals surface area contributed by atoms with Gasteiger partial charge in [-0.05, 0) is 37.0 Å². The lowest BCUT2D eigenvalue weighted by molar-refractivity contribution is 0.0920. The van der Waals surface area contributed by atoms with Gasteiger partial charge < -0.3 is 11.1 Å². The van der Waals surface area contributed by atoms with Crippen LogP contribution in [0.15, 0.2) is 18.2 Å². The van der Waals surface area contributed by atoms with Crippen LogP contribution < -0.4 is 11.1 Å². The first-order chi connectivity index (χ1) is 9.10. The van der Waals surface area contributed by atoms with E-state index in [1.165, 1.54) is 24.6 Å². The molecule has 4 heteroatoms. The first-order valence-electron chi connectivity index (χ1n) is 6.96. The molecular weight excluding hydrogens is 243 g/mol. The molecular formula is C15H21FN2O. The molecule has 19 heavy (non-hydrogen) atoms. The van der Waals surface area contributed by atoms with E-state index in [4.69, 9.17) is 5.73 Å². The van der Waals surface area contributed by atoms with Crippen LogP contribution in [0.4, 0.5) is 10.1 Å². The molecule has 1 fully saturated rings. The van der Waals surface area contributed by atoms with E-state index in [9.17, 15) is 9.18 Å². The Bertz CT molecular complexity index is 461. The number of rotatable bonds is 3. The zero-order valence-corrected chi connectivity index (χ0v) is 11.3. The summed E-state index contributed by atoms with van der Waals surface area (Å²) in [4.78, 5) is 12.1. The molecule has 0 radical (unpaired) electrons. The lowest BCUT2D eigenvalue weighted by Gasteiger charge is -2.29. The maximum atomic E-state index is 13.0. The number of anilines is 1. The fourth-order valence-electron chi connectivity index (χ4n) is 2.80. The minimum Gasteiger partial charge on any atom is -0.398 e. The van der Waals surface area contributed by atoms with Crippen LogP contribution in [-0.4, -0.2) is 11.9 Å². The number of benzene rings is 1. The van der Waals surface area contributed by atoms with E-state index < -0.39 is 5.82 Å². The smallest absolute Gasteiger partial charge is 0.253 e. The Morgan fingerprint density at radius 1 is 1.47 bits per heavy atom. The topological polar surface area (TPSA) is 55.1 Å². The quantitative estimate of drug-likeness (QED) is 0.824. The van der Waals surface area contributed by atoms with Gasteiger partial charge in [-0.1, -0.05) is 26.2 Å². The van der Waals surface area contributed by atoms with E-state index in [1.807, 2.05) is 0 Å². The van der Waals surface area contributed by atoms with Crippen molar-refractivity contribution >= 4 is 11.6 Å². The number of nitrogens with two attached hydrogens (primary N) is 1. The van der Waals surface area contributed by atoms with E-state index >= 15 is 0 Å². The highest BCUT2D eigenvalue weighted by Crippen LogP contribution is 2.27.